The van der Waals surface area contributed by atoms with Crippen LogP contribution in [0, 0.1) is 12.3 Å². The summed E-state index contributed by atoms with van der Waals surface area (Å²) in [6.07, 6.45) is -9.99. The Labute approximate surface area is 232 Å². The molecule has 0 aliphatic carbocycles. The van der Waals surface area contributed by atoms with Gasteiger partial charge in [-0.25, -0.2) is 4.79 Å². The van der Waals surface area contributed by atoms with Crippen LogP contribution in [0.5, 0.6) is 0 Å². The van der Waals surface area contributed by atoms with E-state index in [1.807, 2.05) is 13.0 Å². The van der Waals surface area contributed by atoms with E-state index in [1.165, 1.54) is 26.0 Å². The molecule has 0 spiro atoms. The number of hydrogen-bond donors (Lipinski definition) is 0. The van der Waals surface area contributed by atoms with Crippen molar-refractivity contribution >= 4 is 17.9 Å². The van der Waals surface area contributed by atoms with E-state index in [-0.39, 0.29) is 31.1 Å². The summed E-state index contributed by atoms with van der Waals surface area (Å²) in [5.41, 5.74) is -3.27. The number of piperazine rings is 1. The number of hydrogen-bond acceptors (Lipinski definition) is 4. The second kappa shape index (κ2) is 10.6. The predicted octanol–water partition coefficient (Wildman–Crippen LogP) is 5.42. The van der Waals surface area contributed by atoms with Gasteiger partial charge in [0.05, 0.1) is 30.3 Å². The van der Waals surface area contributed by atoms with Gasteiger partial charge in [0, 0.05) is 26.7 Å². The van der Waals surface area contributed by atoms with E-state index in [0.717, 1.165) is 10.5 Å². The number of ether oxygens (including phenoxy) is 1. The average molecular weight is 586 g/mol. The van der Waals surface area contributed by atoms with Crippen molar-refractivity contribution in [2.24, 2.45) is 5.41 Å². The van der Waals surface area contributed by atoms with Gasteiger partial charge in [-0.05, 0) is 55.2 Å². The molecular weight excluding hydrogens is 556 g/mol. The molecule has 2 aromatic rings. The molecule has 0 N–H and O–H groups in total. The third kappa shape index (κ3) is 5.58. The van der Waals surface area contributed by atoms with Crippen LogP contribution in [0.2, 0.25) is 0 Å². The van der Waals surface area contributed by atoms with Gasteiger partial charge in [0.1, 0.15) is 5.41 Å². The van der Waals surface area contributed by atoms with Crippen molar-refractivity contribution in [2.75, 3.05) is 27.2 Å². The number of urea groups is 1. The maximum atomic E-state index is 13.8. The molecule has 0 aromatic heterocycles. The summed E-state index contributed by atoms with van der Waals surface area (Å²) in [4.78, 5) is 43.8. The standard InChI is InChI=1S/C28H29F6N3O4/c1-16-7-5-6-8-20(16)22-21-14-26(2,24(39)41-4)23(38)36(21)9-10-37(22)25(40)35(3)15-17-11-18(27(29,30)31)13-19(12-17)28(32,33)34/h5-8,11-13,21-22H,9-10,14-15H2,1-4H3. The zero-order valence-corrected chi connectivity index (χ0v) is 22.8. The lowest BCUT2D eigenvalue weighted by atomic mass is 9.83. The largest absolute Gasteiger partial charge is 0.468 e. The number of carbonyl (C=O) groups is 3. The summed E-state index contributed by atoms with van der Waals surface area (Å²) in [6, 6.07) is 6.36. The predicted molar refractivity (Wildman–Crippen MR) is 134 cm³/mol. The first kappa shape index (κ1) is 30.2. The molecule has 0 saturated carbocycles. The molecule has 222 valence electrons. The van der Waals surface area contributed by atoms with E-state index in [4.69, 9.17) is 4.74 Å². The Hall–Kier alpha value is -3.77. The number of methoxy groups -OCH3 is 1. The van der Waals surface area contributed by atoms with Crippen molar-refractivity contribution in [3.63, 3.8) is 0 Å². The van der Waals surface area contributed by atoms with Gasteiger partial charge in [-0.2, -0.15) is 26.3 Å². The zero-order chi connectivity index (χ0) is 30.5. The fraction of sp³-hybridized carbons (Fsp3) is 0.464. The lowest BCUT2D eigenvalue weighted by Crippen LogP contribution is -2.57. The highest BCUT2D eigenvalue weighted by molar-refractivity contribution is 6.04. The van der Waals surface area contributed by atoms with Crippen molar-refractivity contribution in [1.82, 2.24) is 14.7 Å². The van der Waals surface area contributed by atoms with Gasteiger partial charge in [0.25, 0.3) is 0 Å². The van der Waals surface area contributed by atoms with Gasteiger partial charge in [-0.3, -0.25) is 9.59 Å². The minimum Gasteiger partial charge on any atom is -0.468 e. The van der Waals surface area contributed by atoms with E-state index in [0.29, 0.717) is 17.7 Å². The molecule has 3 unspecified atom stereocenters. The quantitative estimate of drug-likeness (QED) is 0.273. The Morgan fingerprint density at radius 2 is 1.61 bits per heavy atom. The minimum absolute atomic E-state index is 0.0259. The molecule has 2 saturated heterocycles. The van der Waals surface area contributed by atoms with Crippen molar-refractivity contribution in [1.29, 1.82) is 0 Å². The number of halogens is 6. The topological polar surface area (TPSA) is 70.2 Å². The van der Waals surface area contributed by atoms with Crippen molar-refractivity contribution in [3.8, 4) is 0 Å². The number of benzene rings is 2. The zero-order valence-electron chi connectivity index (χ0n) is 22.8. The first-order valence-electron chi connectivity index (χ1n) is 12.7. The molecule has 2 heterocycles. The number of alkyl halides is 6. The van der Waals surface area contributed by atoms with Crippen LogP contribution in [-0.4, -0.2) is 65.9 Å². The van der Waals surface area contributed by atoms with Crippen molar-refractivity contribution in [2.45, 2.75) is 51.2 Å². The number of nitrogens with zero attached hydrogens (tertiary/aromatic N) is 3. The van der Waals surface area contributed by atoms with Crippen molar-refractivity contribution in [3.05, 3.63) is 70.3 Å². The van der Waals surface area contributed by atoms with Gasteiger partial charge in [-0.1, -0.05) is 24.3 Å². The molecule has 3 amide bonds. The second-order valence-electron chi connectivity index (χ2n) is 10.6. The molecular formula is C28H29F6N3O4. The van der Waals surface area contributed by atoms with E-state index in [1.54, 1.807) is 23.1 Å². The van der Waals surface area contributed by atoms with Gasteiger partial charge < -0.3 is 19.4 Å². The number of esters is 1. The number of aryl methyl sites for hydroxylation is 1. The van der Waals surface area contributed by atoms with Crippen molar-refractivity contribution < 1.29 is 45.5 Å². The van der Waals surface area contributed by atoms with Gasteiger partial charge in [0.2, 0.25) is 5.91 Å². The summed E-state index contributed by atoms with van der Waals surface area (Å²) < 4.78 is 85.2. The normalized spacial score (nSPS) is 22.9. The highest BCUT2D eigenvalue weighted by atomic mass is 19.4. The molecule has 2 fully saturated rings. The fourth-order valence-electron chi connectivity index (χ4n) is 5.77. The van der Waals surface area contributed by atoms with Crippen LogP contribution in [-0.2, 0) is 33.2 Å². The van der Waals surface area contributed by atoms with E-state index >= 15 is 0 Å². The molecule has 2 aliphatic rings. The highest BCUT2D eigenvalue weighted by Crippen LogP contribution is 2.46. The van der Waals surface area contributed by atoms with Crippen LogP contribution >= 0.6 is 0 Å². The molecule has 3 atom stereocenters. The van der Waals surface area contributed by atoms with Crippen LogP contribution in [0.4, 0.5) is 31.1 Å². The van der Waals surface area contributed by atoms with Crippen LogP contribution in [0.1, 0.15) is 47.2 Å². The summed E-state index contributed by atoms with van der Waals surface area (Å²) in [6.45, 7) is 2.88. The summed E-state index contributed by atoms with van der Waals surface area (Å²) in [7, 11) is 2.47. The van der Waals surface area contributed by atoms with Crippen LogP contribution in [0.25, 0.3) is 0 Å². The smallest absolute Gasteiger partial charge is 0.416 e. The first-order valence-corrected chi connectivity index (χ1v) is 12.7. The Morgan fingerprint density at radius 1 is 1.02 bits per heavy atom. The Morgan fingerprint density at radius 3 is 2.15 bits per heavy atom. The molecule has 2 aliphatic heterocycles. The summed E-state index contributed by atoms with van der Waals surface area (Å²) >= 11 is 0. The average Bonchev–Trinajstić information content (AvgIpc) is 3.17. The third-order valence-corrected chi connectivity index (χ3v) is 7.82. The highest BCUT2D eigenvalue weighted by Gasteiger charge is 2.59. The van der Waals surface area contributed by atoms with Gasteiger partial charge >= 0.3 is 24.4 Å². The Balaban J connectivity index is 1.70. The second-order valence-corrected chi connectivity index (χ2v) is 10.6. The molecule has 13 heteroatoms. The van der Waals surface area contributed by atoms with Crippen LogP contribution < -0.4 is 0 Å². The summed E-state index contributed by atoms with van der Waals surface area (Å²) in [5.74, 6) is -1.14. The minimum atomic E-state index is -5.02. The Bertz CT molecular complexity index is 1330. The van der Waals surface area contributed by atoms with Gasteiger partial charge in [0.15, 0.2) is 0 Å². The van der Waals surface area contributed by atoms with Crippen LogP contribution in [0.15, 0.2) is 42.5 Å². The molecule has 41 heavy (non-hydrogen) atoms. The molecule has 0 bridgehead atoms. The number of carbonyl (C=O) groups excluding carboxylic acids is 3. The monoisotopic (exact) mass is 585 g/mol. The van der Waals surface area contributed by atoms with E-state index < -0.39 is 65.4 Å². The van der Waals surface area contributed by atoms with Crippen LogP contribution in [0.3, 0.4) is 0 Å². The molecule has 0 radical (unpaired) electrons. The molecule has 7 nitrogen and oxygen atoms in total. The maximum Gasteiger partial charge on any atom is 0.416 e. The Kier molecular flexibility index (Phi) is 7.78. The van der Waals surface area contributed by atoms with E-state index in [2.05, 4.69) is 0 Å². The third-order valence-electron chi connectivity index (χ3n) is 7.82. The maximum absolute atomic E-state index is 13.8. The lowest BCUT2D eigenvalue weighted by molar-refractivity contribution is -0.158. The fourth-order valence-corrected chi connectivity index (χ4v) is 5.77. The van der Waals surface area contributed by atoms with E-state index in [9.17, 15) is 40.7 Å². The first-order chi connectivity index (χ1) is 19.0. The summed E-state index contributed by atoms with van der Waals surface area (Å²) in [5, 5.41) is 0. The molecule has 4 rings (SSSR count). The van der Waals surface area contributed by atoms with Gasteiger partial charge in [-0.15, -0.1) is 0 Å². The number of rotatable bonds is 4. The lowest BCUT2D eigenvalue weighted by Gasteiger charge is -2.46. The number of fused-ring (bicyclic) bond motifs is 1. The SMILES string of the molecule is COC(=O)C1(C)CC2C(c3ccccc3C)N(C(=O)N(C)Cc3cc(C(F)(F)F)cc(C(F)(F)F)c3)CCN2C1=O. The number of amides is 3. The molecule has 2 aromatic carbocycles.